The molecule has 23 heavy (non-hydrogen) atoms. The van der Waals surface area contributed by atoms with Crippen molar-refractivity contribution >= 4 is 5.95 Å². The Hall–Kier alpha value is -2.50. The van der Waals surface area contributed by atoms with Gasteiger partial charge in [-0.25, -0.2) is 4.98 Å². The van der Waals surface area contributed by atoms with E-state index in [1.807, 2.05) is 12.1 Å². The molecular formula is C17H21N3O3. The molecule has 6 nitrogen and oxygen atoms in total. The van der Waals surface area contributed by atoms with Crippen LogP contribution >= 0.6 is 0 Å². The molecular weight excluding hydrogens is 294 g/mol. The fourth-order valence-electron chi connectivity index (χ4n) is 2.93. The zero-order valence-corrected chi connectivity index (χ0v) is 13.4. The summed E-state index contributed by atoms with van der Waals surface area (Å²) in [6.07, 6.45) is 4.67. The SMILES string of the molecule is COc1ccc(-c2cc(=O)[nH]c(NC3CCCC3)n2)cc1OC. The number of H-pyrrole nitrogens is 1. The molecule has 1 saturated carbocycles. The summed E-state index contributed by atoms with van der Waals surface area (Å²) in [4.78, 5) is 19.2. The fourth-order valence-corrected chi connectivity index (χ4v) is 2.93. The summed E-state index contributed by atoms with van der Waals surface area (Å²) in [7, 11) is 3.17. The number of nitrogens with one attached hydrogen (secondary N) is 2. The lowest BCUT2D eigenvalue weighted by Crippen LogP contribution is -2.20. The third-order valence-electron chi connectivity index (χ3n) is 4.12. The van der Waals surface area contributed by atoms with Crippen LogP contribution in [0.4, 0.5) is 5.95 Å². The monoisotopic (exact) mass is 315 g/mol. The Balaban J connectivity index is 1.92. The van der Waals surface area contributed by atoms with Crippen LogP contribution in [0.25, 0.3) is 11.3 Å². The van der Waals surface area contributed by atoms with Crippen molar-refractivity contribution in [3.8, 4) is 22.8 Å². The topological polar surface area (TPSA) is 76.2 Å². The molecule has 0 saturated heterocycles. The van der Waals surface area contributed by atoms with E-state index in [1.165, 1.54) is 18.9 Å². The molecule has 1 aliphatic carbocycles. The van der Waals surface area contributed by atoms with Gasteiger partial charge in [0.05, 0.1) is 19.9 Å². The van der Waals surface area contributed by atoms with Crippen LogP contribution in [0.3, 0.4) is 0 Å². The normalized spacial score (nSPS) is 14.7. The lowest BCUT2D eigenvalue weighted by molar-refractivity contribution is 0.355. The Kier molecular flexibility index (Phi) is 4.50. The molecule has 0 amide bonds. The number of methoxy groups -OCH3 is 2. The number of rotatable bonds is 5. The highest BCUT2D eigenvalue weighted by atomic mass is 16.5. The van der Waals surface area contributed by atoms with Crippen LogP contribution in [0.5, 0.6) is 11.5 Å². The molecule has 0 radical (unpaired) electrons. The Morgan fingerprint density at radius 1 is 1.13 bits per heavy atom. The van der Waals surface area contributed by atoms with Crippen molar-refractivity contribution in [3.05, 3.63) is 34.6 Å². The summed E-state index contributed by atoms with van der Waals surface area (Å²) < 4.78 is 10.5. The van der Waals surface area contributed by atoms with Crippen molar-refractivity contribution in [3.63, 3.8) is 0 Å². The maximum absolute atomic E-state index is 11.9. The molecule has 0 unspecified atom stereocenters. The van der Waals surface area contributed by atoms with Crippen LogP contribution in [-0.2, 0) is 0 Å². The van der Waals surface area contributed by atoms with Crippen molar-refractivity contribution in [2.75, 3.05) is 19.5 Å². The van der Waals surface area contributed by atoms with Crippen molar-refractivity contribution in [2.24, 2.45) is 0 Å². The first kappa shape index (κ1) is 15.4. The maximum Gasteiger partial charge on any atom is 0.252 e. The Morgan fingerprint density at radius 2 is 1.87 bits per heavy atom. The van der Waals surface area contributed by atoms with Gasteiger partial charge in [-0.1, -0.05) is 12.8 Å². The van der Waals surface area contributed by atoms with E-state index in [9.17, 15) is 4.79 Å². The third-order valence-corrected chi connectivity index (χ3v) is 4.12. The second-order valence-electron chi connectivity index (χ2n) is 5.67. The van der Waals surface area contributed by atoms with E-state index < -0.39 is 0 Å². The number of hydrogen-bond acceptors (Lipinski definition) is 5. The standard InChI is InChI=1S/C17H21N3O3/c1-22-14-8-7-11(9-15(14)23-2)13-10-16(21)20-17(19-13)18-12-5-3-4-6-12/h7-10,12H,3-6H2,1-2H3,(H2,18,19,20,21). The van der Waals surface area contributed by atoms with Crippen LogP contribution in [0.2, 0.25) is 0 Å². The van der Waals surface area contributed by atoms with Crippen molar-refractivity contribution in [1.82, 2.24) is 9.97 Å². The summed E-state index contributed by atoms with van der Waals surface area (Å²) >= 11 is 0. The molecule has 3 rings (SSSR count). The molecule has 6 heteroatoms. The van der Waals surface area contributed by atoms with Crippen molar-refractivity contribution < 1.29 is 9.47 Å². The van der Waals surface area contributed by atoms with Crippen LogP contribution in [0.1, 0.15) is 25.7 Å². The van der Waals surface area contributed by atoms with Gasteiger partial charge in [0.25, 0.3) is 5.56 Å². The predicted molar refractivity (Wildman–Crippen MR) is 89.3 cm³/mol. The summed E-state index contributed by atoms with van der Waals surface area (Å²) in [5.41, 5.74) is 1.24. The van der Waals surface area contributed by atoms with Gasteiger partial charge in [-0.2, -0.15) is 0 Å². The van der Waals surface area contributed by atoms with E-state index in [0.717, 1.165) is 18.4 Å². The third kappa shape index (κ3) is 3.47. The molecule has 0 bridgehead atoms. The summed E-state index contributed by atoms with van der Waals surface area (Å²) in [6.45, 7) is 0. The first-order valence-corrected chi connectivity index (χ1v) is 7.80. The summed E-state index contributed by atoms with van der Waals surface area (Å²) in [5, 5.41) is 3.32. The molecule has 1 aromatic carbocycles. The number of ether oxygens (including phenoxy) is 2. The molecule has 1 heterocycles. The van der Waals surface area contributed by atoms with E-state index >= 15 is 0 Å². The number of aromatic nitrogens is 2. The molecule has 0 aliphatic heterocycles. The van der Waals surface area contributed by atoms with Gasteiger partial charge < -0.3 is 14.8 Å². The van der Waals surface area contributed by atoms with E-state index in [-0.39, 0.29) is 5.56 Å². The van der Waals surface area contributed by atoms with Crippen molar-refractivity contribution in [2.45, 2.75) is 31.7 Å². The number of benzene rings is 1. The number of anilines is 1. The highest BCUT2D eigenvalue weighted by Gasteiger charge is 2.16. The van der Waals surface area contributed by atoms with E-state index in [1.54, 1.807) is 20.3 Å². The van der Waals surface area contributed by atoms with Gasteiger partial charge in [0.1, 0.15) is 0 Å². The van der Waals surface area contributed by atoms with Gasteiger partial charge in [-0.05, 0) is 31.0 Å². The second-order valence-corrected chi connectivity index (χ2v) is 5.67. The van der Waals surface area contributed by atoms with Crippen LogP contribution < -0.4 is 20.3 Å². The van der Waals surface area contributed by atoms with Gasteiger partial charge in [0.15, 0.2) is 11.5 Å². The molecule has 2 N–H and O–H groups in total. The summed E-state index contributed by atoms with van der Waals surface area (Å²) in [5.74, 6) is 1.77. The minimum Gasteiger partial charge on any atom is -0.493 e. The van der Waals surface area contributed by atoms with Crippen LogP contribution in [-0.4, -0.2) is 30.2 Å². The van der Waals surface area contributed by atoms with Crippen LogP contribution in [0, 0.1) is 0 Å². The lowest BCUT2D eigenvalue weighted by Gasteiger charge is -2.13. The Bertz CT molecular complexity index is 736. The second kappa shape index (κ2) is 6.73. The van der Waals surface area contributed by atoms with Crippen molar-refractivity contribution in [1.29, 1.82) is 0 Å². The average Bonchev–Trinajstić information content (AvgIpc) is 3.06. The number of aromatic amines is 1. The first-order valence-electron chi connectivity index (χ1n) is 7.80. The van der Waals surface area contributed by atoms with Crippen LogP contribution in [0.15, 0.2) is 29.1 Å². The van der Waals surface area contributed by atoms with Gasteiger partial charge in [0, 0.05) is 17.7 Å². The van der Waals surface area contributed by atoms with Gasteiger partial charge >= 0.3 is 0 Å². The highest BCUT2D eigenvalue weighted by Crippen LogP contribution is 2.31. The quantitative estimate of drug-likeness (QED) is 0.887. The average molecular weight is 315 g/mol. The smallest absolute Gasteiger partial charge is 0.252 e. The molecule has 1 aliphatic rings. The molecule has 0 atom stereocenters. The van der Waals surface area contributed by atoms with E-state index in [0.29, 0.717) is 29.2 Å². The highest BCUT2D eigenvalue weighted by molar-refractivity contribution is 5.64. The van der Waals surface area contributed by atoms with E-state index in [4.69, 9.17) is 9.47 Å². The fraction of sp³-hybridized carbons (Fsp3) is 0.412. The molecule has 0 spiro atoms. The first-order chi connectivity index (χ1) is 11.2. The molecule has 122 valence electrons. The Labute approximate surface area is 134 Å². The minimum atomic E-state index is -0.176. The summed E-state index contributed by atoms with van der Waals surface area (Å²) in [6, 6.07) is 7.36. The van der Waals surface area contributed by atoms with E-state index in [2.05, 4.69) is 15.3 Å². The molecule has 1 aromatic heterocycles. The lowest BCUT2D eigenvalue weighted by atomic mass is 10.1. The van der Waals surface area contributed by atoms with Gasteiger partial charge in [-0.3, -0.25) is 9.78 Å². The predicted octanol–water partition coefficient (Wildman–Crippen LogP) is 2.81. The maximum atomic E-state index is 11.9. The largest absolute Gasteiger partial charge is 0.493 e. The number of hydrogen-bond donors (Lipinski definition) is 2. The van der Waals surface area contributed by atoms with Gasteiger partial charge in [-0.15, -0.1) is 0 Å². The zero-order chi connectivity index (χ0) is 16.2. The number of nitrogens with zero attached hydrogens (tertiary/aromatic N) is 1. The zero-order valence-electron chi connectivity index (χ0n) is 13.4. The molecule has 2 aromatic rings. The van der Waals surface area contributed by atoms with Gasteiger partial charge in [0.2, 0.25) is 5.95 Å². The minimum absolute atomic E-state index is 0.176. The Morgan fingerprint density at radius 3 is 2.57 bits per heavy atom. The molecule has 1 fully saturated rings.